The molecule has 0 aromatic rings. The number of aliphatic hydroxyl groups excluding tert-OH is 1. The molecule has 0 fully saturated rings. The third-order valence-corrected chi connectivity index (χ3v) is 1.69. The summed E-state index contributed by atoms with van der Waals surface area (Å²) in [6.45, 7) is 2.24. The van der Waals surface area contributed by atoms with E-state index in [1.54, 1.807) is 0 Å². The Labute approximate surface area is 57.6 Å². The molecule has 0 bridgehead atoms. The summed E-state index contributed by atoms with van der Waals surface area (Å²) in [6, 6.07) is 0. The summed E-state index contributed by atoms with van der Waals surface area (Å²) in [7, 11) is 0. The molecule has 0 heterocycles. The molecule has 0 atom stereocenters. The van der Waals surface area contributed by atoms with E-state index >= 15 is 0 Å². The van der Waals surface area contributed by atoms with Crippen LogP contribution in [0.4, 0.5) is 0 Å². The van der Waals surface area contributed by atoms with Crippen molar-refractivity contribution in [2.24, 2.45) is 0 Å². The van der Waals surface area contributed by atoms with Crippen molar-refractivity contribution in [3.63, 3.8) is 0 Å². The minimum atomic E-state index is 0.208. The summed E-state index contributed by atoms with van der Waals surface area (Å²) in [5, 5.41) is 8.45. The molecule has 0 radical (unpaired) electrons. The molecule has 7 heavy (non-hydrogen) atoms. The van der Waals surface area contributed by atoms with Crippen LogP contribution in [-0.4, -0.2) is 11.7 Å². The minimum absolute atomic E-state index is 0.208. The van der Waals surface area contributed by atoms with Gasteiger partial charge >= 0.3 is 0 Å². The SMILES string of the molecule is CC/C(=C/I)CO. The zero-order valence-corrected chi connectivity index (χ0v) is 6.47. The van der Waals surface area contributed by atoms with Gasteiger partial charge in [0, 0.05) is 0 Å². The average Bonchev–Trinajstić information content (AvgIpc) is 1.72. The predicted molar refractivity (Wildman–Crippen MR) is 39.5 cm³/mol. The molecule has 0 aromatic heterocycles. The lowest BCUT2D eigenvalue weighted by atomic mass is 10.3. The summed E-state index contributed by atoms with van der Waals surface area (Å²) < 4.78 is 1.91. The van der Waals surface area contributed by atoms with Crippen molar-refractivity contribution in [3.8, 4) is 0 Å². The van der Waals surface area contributed by atoms with Crippen molar-refractivity contribution >= 4 is 22.6 Å². The van der Waals surface area contributed by atoms with Gasteiger partial charge in [-0.1, -0.05) is 29.5 Å². The lowest BCUT2D eigenvalue weighted by Crippen LogP contribution is -1.84. The first kappa shape index (κ1) is 7.43. The van der Waals surface area contributed by atoms with E-state index in [2.05, 4.69) is 22.6 Å². The Hall–Kier alpha value is 0.430. The maximum absolute atomic E-state index is 8.45. The fourth-order valence-electron chi connectivity index (χ4n) is 0.223. The Balaban J connectivity index is 3.38. The predicted octanol–water partition coefficient (Wildman–Crippen LogP) is 1.71. The van der Waals surface area contributed by atoms with E-state index < -0.39 is 0 Å². The van der Waals surface area contributed by atoms with Crippen LogP contribution in [0, 0.1) is 0 Å². The fraction of sp³-hybridized carbons (Fsp3) is 0.600. The maximum Gasteiger partial charge on any atom is 0.0649 e. The quantitative estimate of drug-likeness (QED) is 0.690. The molecule has 0 aliphatic carbocycles. The van der Waals surface area contributed by atoms with Crippen molar-refractivity contribution < 1.29 is 5.11 Å². The zero-order valence-electron chi connectivity index (χ0n) is 4.32. The van der Waals surface area contributed by atoms with Crippen LogP contribution in [0.5, 0.6) is 0 Å². The van der Waals surface area contributed by atoms with E-state index in [0.717, 1.165) is 12.0 Å². The van der Waals surface area contributed by atoms with Gasteiger partial charge in [-0.2, -0.15) is 0 Å². The van der Waals surface area contributed by atoms with Crippen LogP contribution < -0.4 is 0 Å². The molecular weight excluding hydrogens is 203 g/mol. The Morgan fingerprint density at radius 1 is 1.86 bits per heavy atom. The highest BCUT2D eigenvalue weighted by Gasteiger charge is 1.84. The second kappa shape index (κ2) is 4.59. The minimum Gasteiger partial charge on any atom is -0.392 e. The lowest BCUT2D eigenvalue weighted by Gasteiger charge is -1.91. The highest BCUT2D eigenvalue weighted by Crippen LogP contribution is 2.01. The molecule has 1 N–H and O–H groups in total. The van der Waals surface area contributed by atoms with Crippen molar-refractivity contribution in [2.75, 3.05) is 6.61 Å². The first-order chi connectivity index (χ1) is 3.35. The van der Waals surface area contributed by atoms with Gasteiger partial charge in [0.2, 0.25) is 0 Å². The monoisotopic (exact) mass is 212 g/mol. The third-order valence-electron chi connectivity index (χ3n) is 0.812. The van der Waals surface area contributed by atoms with Crippen LogP contribution >= 0.6 is 22.6 Å². The van der Waals surface area contributed by atoms with Crippen LogP contribution in [-0.2, 0) is 0 Å². The van der Waals surface area contributed by atoms with E-state index in [1.807, 2.05) is 11.0 Å². The van der Waals surface area contributed by atoms with E-state index in [0.29, 0.717) is 0 Å². The second-order valence-electron chi connectivity index (χ2n) is 1.28. The van der Waals surface area contributed by atoms with Crippen LogP contribution in [0.15, 0.2) is 9.66 Å². The normalized spacial score (nSPS) is 12.1. The number of hydrogen-bond donors (Lipinski definition) is 1. The molecule has 0 rings (SSSR count). The molecule has 2 heteroatoms. The summed E-state index contributed by atoms with van der Waals surface area (Å²) in [5.74, 6) is 0. The molecule has 0 saturated carbocycles. The number of aliphatic hydroxyl groups is 1. The smallest absolute Gasteiger partial charge is 0.0649 e. The first-order valence-corrected chi connectivity index (χ1v) is 3.48. The van der Waals surface area contributed by atoms with Gasteiger partial charge in [0.25, 0.3) is 0 Å². The van der Waals surface area contributed by atoms with Gasteiger partial charge in [0.1, 0.15) is 0 Å². The van der Waals surface area contributed by atoms with Gasteiger partial charge in [-0.05, 0) is 16.1 Å². The Kier molecular flexibility index (Phi) is 4.87. The van der Waals surface area contributed by atoms with Gasteiger partial charge in [-0.15, -0.1) is 0 Å². The molecular formula is C5H9IO. The molecule has 0 spiro atoms. The Bertz CT molecular complexity index is 62.5. The topological polar surface area (TPSA) is 20.2 Å². The first-order valence-electron chi connectivity index (χ1n) is 2.24. The van der Waals surface area contributed by atoms with Crippen LogP contribution in [0.1, 0.15) is 13.3 Å². The molecule has 0 aromatic carbocycles. The zero-order chi connectivity index (χ0) is 5.70. The summed E-state index contributed by atoms with van der Waals surface area (Å²) in [5.41, 5.74) is 1.10. The second-order valence-corrected chi connectivity index (χ2v) is 1.90. The Morgan fingerprint density at radius 2 is 2.43 bits per heavy atom. The van der Waals surface area contributed by atoms with E-state index in [9.17, 15) is 0 Å². The maximum atomic E-state index is 8.45. The van der Waals surface area contributed by atoms with Crippen molar-refractivity contribution in [3.05, 3.63) is 9.66 Å². The van der Waals surface area contributed by atoms with Gasteiger partial charge in [-0.25, -0.2) is 0 Å². The van der Waals surface area contributed by atoms with Crippen LogP contribution in [0.2, 0.25) is 0 Å². The summed E-state index contributed by atoms with van der Waals surface area (Å²) in [6.07, 6.45) is 0.958. The Morgan fingerprint density at radius 3 is 2.43 bits per heavy atom. The highest BCUT2D eigenvalue weighted by molar-refractivity contribution is 14.1. The van der Waals surface area contributed by atoms with Crippen LogP contribution in [0.25, 0.3) is 0 Å². The molecule has 0 amide bonds. The largest absolute Gasteiger partial charge is 0.392 e. The lowest BCUT2D eigenvalue weighted by molar-refractivity contribution is 0.328. The average molecular weight is 212 g/mol. The number of halogens is 1. The van der Waals surface area contributed by atoms with Crippen molar-refractivity contribution in [1.82, 2.24) is 0 Å². The molecule has 0 aliphatic rings. The fourth-order valence-corrected chi connectivity index (χ4v) is 0.861. The molecule has 0 saturated heterocycles. The van der Waals surface area contributed by atoms with E-state index in [1.165, 1.54) is 0 Å². The van der Waals surface area contributed by atoms with Gasteiger partial charge < -0.3 is 5.11 Å². The molecule has 42 valence electrons. The van der Waals surface area contributed by atoms with E-state index in [4.69, 9.17) is 5.11 Å². The van der Waals surface area contributed by atoms with Crippen molar-refractivity contribution in [1.29, 1.82) is 0 Å². The summed E-state index contributed by atoms with van der Waals surface area (Å²) in [4.78, 5) is 0. The molecule has 1 nitrogen and oxygen atoms in total. The number of rotatable bonds is 2. The summed E-state index contributed by atoms with van der Waals surface area (Å²) >= 11 is 2.13. The van der Waals surface area contributed by atoms with E-state index in [-0.39, 0.29) is 6.61 Å². The molecule has 0 aliphatic heterocycles. The molecule has 0 unspecified atom stereocenters. The highest BCUT2D eigenvalue weighted by atomic mass is 127. The van der Waals surface area contributed by atoms with Gasteiger partial charge in [-0.3, -0.25) is 0 Å². The van der Waals surface area contributed by atoms with Crippen LogP contribution in [0.3, 0.4) is 0 Å². The standard InChI is InChI=1S/C5H9IO/c1-2-5(3-6)4-7/h3,7H,2,4H2,1H3/b5-3-. The third kappa shape index (κ3) is 3.05. The van der Waals surface area contributed by atoms with Gasteiger partial charge in [0.15, 0.2) is 0 Å². The van der Waals surface area contributed by atoms with Gasteiger partial charge in [0.05, 0.1) is 6.61 Å². The van der Waals surface area contributed by atoms with Crippen molar-refractivity contribution in [2.45, 2.75) is 13.3 Å². The number of hydrogen-bond acceptors (Lipinski definition) is 1.